The Hall–Kier alpha value is -1.95. The second-order valence-electron chi connectivity index (χ2n) is 6.33. The van der Waals surface area contributed by atoms with E-state index in [2.05, 4.69) is 5.32 Å². The molecule has 1 fully saturated rings. The monoisotopic (exact) mass is 336 g/mol. The van der Waals surface area contributed by atoms with Gasteiger partial charge in [0.15, 0.2) is 0 Å². The molecule has 0 unspecified atom stereocenters. The van der Waals surface area contributed by atoms with Gasteiger partial charge < -0.3 is 15.0 Å². The summed E-state index contributed by atoms with van der Waals surface area (Å²) in [5.41, 5.74) is 0.832. The highest BCUT2D eigenvalue weighted by Crippen LogP contribution is 2.24. The van der Waals surface area contributed by atoms with Crippen molar-refractivity contribution in [3.63, 3.8) is 0 Å². The molecule has 0 spiro atoms. The summed E-state index contributed by atoms with van der Waals surface area (Å²) < 4.78 is 18.7. The Labute approximate surface area is 142 Å². The van der Waals surface area contributed by atoms with Crippen molar-refractivity contribution < 1.29 is 18.7 Å². The number of benzene rings is 1. The molecular formula is C18H25FN2O3. The average Bonchev–Trinajstić information content (AvgIpc) is 2.57. The Kier molecular flexibility index (Phi) is 6.31. The van der Waals surface area contributed by atoms with E-state index in [9.17, 15) is 14.0 Å². The summed E-state index contributed by atoms with van der Waals surface area (Å²) in [6.07, 6.45) is 1.49. The smallest absolute Gasteiger partial charge is 0.254 e. The van der Waals surface area contributed by atoms with Crippen LogP contribution in [-0.4, -0.2) is 49.6 Å². The molecule has 0 aliphatic carbocycles. The number of halogens is 1. The van der Waals surface area contributed by atoms with Gasteiger partial charge >= 0.3 is 0 Å². The molecule has 0 radical (unpaired) electrons. The molecule has 1 aliphatic rings. The van der Waals surface area contributed by atoms with Gasteiger partial charge in [0.05, 0.1) is 12.5 Å². The quantitative estimate of drug-likeness (QED) is 0.838. The fraction of sp³-hybridized carbons (Fsp3) is 0.556. The molecule has 1 saturated heterocycles. The lowest BCUT2D eigenvalue weighted by Crippen LogP contribution is -2.49. The van der Waals surface area contributed by atoms with E-state index >= 15 is 0 Å². The van der Waals surface area contributed by atoms with Crippen LogP contribution in [0.4, 0.5) is 4.39 Å². The number of aryl methyl sites for hydroxylation is 1. The number of likely N-dealkylation sites (tertiary alicyclic amines) is 1. The first-order valence-corrected chi connectivity index (χ1v) is 8.27. The molecule has 2 atom stereocenters. The SMILES string of the molecule is COCCNC(=O)[C@H]1CC[C@@H](C)N(C(=O)c2ccc(C)c(F)c2)C1. The van der Waals surface area contributed by atoms with Crippen molar-refractivity contribution in [2.75, 3.05) is 26.8 Å². The summed E-state index contributed by atoms with van der Waals surface area (Å²) in [6, 6.07) is 4.54. The Morgan fingerprint density at radius 1 is 1.38 bits per heavy atom. The van der Waals surface area contributed by atoms with Crippen LogP contribution in [0.3, 0.4) is 0 Å². The Morgan fingerprint density at radius 3 is 2.79 bits per heavy atom. The van der Waals surface area contributed by atoms with Crippen LogP contribution < -0.4 is 5.32 Å². The number of amides is 2. The molecule has 0 saturated carbocycles. The van der Waals surface area contributed by atoms with Crippen molar-refractivity contribution in [1.82, 2.24) is 10.2 Å². The first-order chi connectivity index (χ1) is 11.4. The lowest BCUT2D eigenvalue weighted by Gasteiger charge is -2.37. The third-order valence-electron chi connectivity index (χ3n) is 4.54. The number of hydrogen-bond donors (Lipinski definition) is 1. The Morgan fingerprint density at radius 2 is 2.12 bits per heavy atom. The Balaban J connectivity index is 2.05. The minimum Gasteiger partial charge on any atom is -0.383 e. The molecule has 5 nitrogen and oxygen atoms in total. The predicted molar refractivity (Wildman–Crippen MR) is 89.2 cm³/mol. The van der Waals surface area contributed by atoms with Gasteiger partial charge in [-0.3, -0.25) is 9.59 Å². The zero-order valence-electron chi connectivity index (χ0n) is 14.5. The predicted octanol–water partition coefficient (Wildman–Crippen LogP) is 2.14. The molecule has 1 N–H and O–H groups in total. The number of hydrogen-bond acceptors (Lipinski definition) is 3. The van der Waals surface area contributed by atoms with E-state index in [1.807, 2.05) is 6.92 Å². The topological polar surface area (TPSA) is 58.6 Å². The van der Waals surface area contributed by atoms with Gasteiger partial charge in [0.1, 0.15) is 5.82 Å². The molecular weight excluding hydrogens is 311 g/mol. The van der Waals surface area contributed by atoms with Crippen LogP contribution in [0, 0.1) is 18.7 Å². The first kappa shape index (κ1) is 18.4. The highest BCUT2D eigenvalue weighted by atomic mass is 19.1. The van der Waals surface area contributed by atoms with Gasteiger partial charge in [-0.1, -0.05) is 6.07 Å². The highest BCUT2D eigenvalue weighted by Gasteiger charge is 2.33. The molecule has 1 heterocycles. The zero-order chi connectivity index (χ0) is 17.7. The summed E-state index contributed by atoms with van der Waals surface area (Å²) in [6.45, 7) is 4.89. The minimum atomic E-state index is -0.389. The number of rotatable bonds is 5. The van der Waals surface area contributed by atoms with Gasteiger partial charge in [-0.25, -0.2) is 4.39 Å². The summed E-state index contributed by atoms with van der Waals surface area (Å²) in [5.74, 6) is -0.917. The standard InChI is InChI=1S/C18H25FN2O3/c1-12-4-6-14(10-16(12)19)18(23)21-11-15(7-5-13(21)2)17(22)20-8-9-24-3/h4,6,10,13,15H,5,7-9,11H2,1-3H3,(H,20,22)/t13-,15+/m1/s1. The molecule has 0 aromatic heterocycles. The molecule has 2 rings (SSSR count). The molecule has 6 heteroatoms. The molecule has 0 bridgehead atoms. The summed E-state index contributed by atoms with van der Waals surface area (Å²) in [5, 5.41) is 2.82. The zero-order valence-corrected chi connectivity index (χ0v) is 14.5. The van der Waals surface area contributed by atoms with E-state index in [-0.39, 0.29) is 29.6 Å². The Bertz CT molecular complexity index is 606. The number of nitrogens with one attached hydrogen (secondary N) is 1. The van der Waals surface area contributed by atoms with E-state index in [1.165, 1.54) is 6.07 Å². The van der Waals surface area contributed by atoms with Crippen molar-refractivity contribution in [1.29, 1.82) is 0 Å². The normalized spacial score (nSPS) is 20.8. The van der Waals surface area contributed by atoms with Gasteiger partial charge in [-0.15, -0.1) is 0 Å². The van der Waals surface area contributed by atoms with Gasteiger partial charge in [0, 0.05) is 31.8 Å². The number of ether oxygens (including phenoxy) is 1. The molecule has 1 aromatic rings. The van der Waals surface area contributed by atoms with Gasteiger partial charge in [-0.2, -0.15) is 0 Å². The van der Waals surface area contributed by atoms with Crippen LogP contribution in [0.1, 0.15) is 35.7 Å². The number of methoxy groups -OCH3 is 1. The van der Waals surface area contributed by atoms with Crippen LogP contribution in [-0.2, 0) is 9.53 Å². The lowest BCUT2D eigenvalue weighted by atomic mass is 9.92. The van der Waals surface area contributed by atoms with Crippen molar-refractivity contribution in [2.24, 2.45) is 5.92 Å². The van der Waals surface area contributed by atoms with Crippen LogP contribution in [0.25, 0.3) is 0 Å². The molecule has 24 heavy (non-hydrogen) atoms. The minimum absolute atomic E-state index is 0.0323. The van der Waals surface area contributed by atoms with Crippen molar-refractivity contribution in [3.05, 3.63) is 35.1 Å². The largest absolute Gasteiger partial charge is 0.383 e. The van der Waals surface area contributed by atoms with Gasteiger partial charge in [0.25, 0.3) is 5.91 Å². The number of carbonyl (C=O) groups is 2. The van der Waals surface area contributed by atoms with Gasteiger partial charge in [0.2, 0.25) is 5.91 Å². The van der Waals surface area contributed by atoms with E-state index < -0.39 is 0 Å². The molecule has 1 aromatic carbocycles. The van der Waals surface area contributed by atoms with Crippen LogP contribution in [0.15, 0.2) is 18.2 Å². The van der Waals surface area contributed by atoms with E-state index in [4.69, 9.17) is 4.74 Å². The molecule has 1 aliphatic heterocycles. The lowest BCUT2D eigenvalue weighted by molar-refractivity contribution is -0.126. The van der Waals surface area contributed by atoms with Crippen LogP contribution in [0.2, 0.25) is 0 Å². The van der Waals surface area contributed by atoms with E-state index in [0.717, 1.165) is 12.8 Å². The third kappa shape index (κ3) is 4.32. The number of nitrogens with zero attached hydrogens (tertiary/aromatic N) is 1. The summed E-state index contributed by atoms with van der Waals surface area (Å²) in [7, 11) is 1.58. The van der Waals surface area contributed by atoms with Crippen molar-refractivity contribution >= 4 is 11.8 Å². The number of piperidine rings is 1. The molecule has 2 amide bonds. The highest BCUT2D eigenvalue weighted by molar-refractivity contribution is 5.95. The van der Waals surface area contributed by atoms with Crippen LogP contribution >= 0.6 is 0 Å². The third-order valence-corrected chi connectivity index (χ3v) is 4.54. The molecule has 132 valence electrons. The van der Waals surface area contributed by atoms with Crippen molar-refractivity contribution in [3.8, 4) is 0 Å². The fourth-order valence-corrected chi connectivity index (χ4v) is 2.92. The van der Waals surface area contributed by atoms with E-state index in [0.29, 0.717) is 30.8 Å². The summed E-state index contributed by atoms with van der Waals surface area (Å²) in [4.78, 5) is 26.6. The average molecular weight is 336 g/mol. The second-order valence-corrected chi connectivity index (χ2v) is 6.33. The van der Waals surface area contributed by atoms with Gasteiger partial charge in [-0.05, 0) is 44.4 Å². The number of carbonyl (C=O) groups excluding carboxylic acids is 2. The van der Waals surface area contributed by atoms with Crippen LogP contribution in [0.5, 0.6) is 0 Å². The first-order valence-electron chi connectivity index (χ1n) is 8.27. The van der Waals surface area contributed by atoms with E-state index in [1.54, 1.807) is 31.1 Å². The maximum Gasteiger partial charge on any atom is 0.254 e. The maximum atomic E-state index is 13.7. The van der Waals surface area contributed by atoms with Crippen molar-refractivity contribution in [2.45, 2.75) is 32.7 Å². The maximum absolute atomic E-state index is 13.7. The second kappa shape index (κ2) is 8.24. The summed E-state index contributed by atoms with van der Waals surface area (Å²) >= 11 is 0. The fourth-order valence-electron chi connectivity index (χ4n) is 2.92.